The first kappa shape index (κ1) is 21.0. The predicted molar refractivity (Wildman–Crippen MR) is 122 cm³/mol. The molecule has 2 fully saturated rings. The van der Waals surface area contributed by atoms with E-state index in [9.17, 15) is 9.59 Å². The van der Waals surface area contributed by atoms with E-state index in [-0.39, 0.29) is 24.3 Å². The fourth-order valence-corrected chi connectivity index (χ4v) is 4.64. The van der Waals surface area contributed by atoms with Crippen LogP contribution in [0.3, 0.4) is 0 Å². The molecular formula is C24H24Cl2N2O2. The summed E-state index contributed by atoms with van der Waals surface area (Å²) in [7, 11) is 0. The minimum atomic E-state index is -1.15. The minimum Gasteiger partial charge on any atom is -0.368 e. The van der Waals surface area contributed by atoms with E-state index in [1.165, 1.54) is 4.90 Å². The molecule has 1 aliphatic heterocycles. The number of imide groups is 1. The molecule has 30 heavy (non-hydrogen) atoms. The molecule has 2 aromatic carbocycles. The third-order valence-corrected chi connectivity index (χ3v) is 6.62. The lowest BCUT2D eigenvalue weighted by Crippen LogP contribution is -2.48. The molecule has 1 unspecified atom stereocenters. The van der Waals surface area contributed by atoms with Crippen LogP contribution < -0.4 is 5.32 Å². The number of nitrogens with one attached hydrogen (secondary N) is 1. The lowest BCUT2D eigenvalue weighted by Gasteiger charge is -2.32. The summed E-state index contributed by atoms with van der Waals surface area (Å²) in [6.45, 7) is 0. The van der Waals surface area contributed by atoms with E-state index in [1.54, 1.807) is 18.2 Å². The number of carbonyl (C=O) groups is 2. The van der Waals surface area contributed by atoms with Gasteiger partial charge in [0, 0.05) is 11.7 Å². The van der Waals surface area contributed by atoms with Crippen molar-refractivity contribution in [2.75, 3.05) is 5.32 Å². The predicted octanol–water partition coefficient (Wildman–Crippen LogP) is 5.95. The molecule has 0 aromatic heterocycles. The Morgan fingerprint density at radius 2 is 1.70 bits per heavy atom. The molecule has 4 rings (SSSR count). The van der Waals surface area contributed by atoms with E-state index in [1.807, 2.05) is 42.5 Å². The van der Waals surface area contributed by atoms with Crippen molar-refractivity contribution in [1.82, 2.24) is 4.90 Å². The van der Waals surface area contributed by atoms with Crippen LogP contribution >= 0.6 is 23.2 Å². The first-order valence-electron chi connectivity index (χ1n) is 10.3. The molecule has 156 valence electrons. The van der Waals surface area contributed by atoms with E-state index < -0.39 is 5.54 Å². The lowest BCUT2D eigenvalue weighted by atomic mass is 9.93. The van der Waals surface area contributed by atoms with Gasteiger partial charge in [0.25, 0.3) is 5.91 Å². The third-order valence-electron chi connectivity index (χ3n) is 5.89. The summed E-state index contributed by atoms with van der Waals surface area (Å²) in [6.07, 6.45) is 8.79. The van der Waals surface area contributed by atoms with Crippen molar-refractivity contribution in [3.63, 3.8) is 0 Å². The number of nitrogens with zero attached hydrogens (tertiary/aromatic N) is 1. The Morgan fingerprint density at radius 3 is 2.40 bits per heavy atom. The molecule has 0 spiro atoms. The van der Waals surface area contributed by atoms with Crippen LogP contribution in [0.5, 0.6) is 0 Å². The number of amides is 2. The van der Waals surface area contributed by atoms with Gasteiger partial charge in [-0.2, -0.15) is 0 Å². The SMILES string of the molecule is O=C1CC(/C=C/c2ccccc2)(Nc2ccc(Cl)c(Cl)c2)C(=O)N1C1CCCCC1. The molecule has 2 amide bonds. The number of halogens is 2. The summed E-state index contributed by atoms with van der Waals surface area (Å²) < 4.78 is 0. The van der Waals surface area contributed by atoms with Crippen LogP contribution in [0.15, 0.2) is 54.6 Å². The van der Waals surface area contributed by atoms with Gasteiger partial charge in [-0.05, 0) is 42.7 Å². The van der Waals surface area contributed by atoms with Gasteiger partial charge in [0.1, 0.15) is 5.54 Å². The van der Waals surface area contributed by atoms with Gasteiger partial charge in [0.2, 0.25) is 5.91 Å². The van der Waals surface area contributed by atoms with Crippen molar-refractivity contribution in [2.45, 2.75) is 50.1 Å². The average molecular weight is 443 g/mol. The zero-order chi connectivity index (χ0) is 21.1. The summed E-state index contributed by atoms with van der Waals surface area (Å²) in [5.41, 5.74) is 0.458. The van der Waals surface area contributed by atoms with Crippen LogP contribution in [-0.2, 0) is 9.59 Å². The van der Waals surface area contributed by atoms with Crippen LogP contribution in [0.25, 0.3) is 6.08 Å². The van der Waals surface area contributed by atoms with Gasteiger partial charge in [-0.3, -0.25) is 14.5 Å². The van der Waals surface area contributed by atoms with E-state index in [0.717, 1.165) is 37.7 Å². The molecule has 1 saturated carbocycles. The maximum absolute atomic E-state index is 13.6. The maximum atomic E-state index is 13.6. The molecule has 2 aromatic rings. The zero-order valence-corrected chi connectivity index (χ0v) is 18.1. The Labute approximate surface area is 186 Å². The molecule has 0 radical (unpaired) electrons. The quantitative estimate of drug-likeness (QED) is 0.581. The minimum absolute atomic E-state index is 0.0126. The van der Waals surface area contributed by atoms with Gasteiger partial charge < -0.3 is 5.32 Å². The maximum Gasteiger partial charge on any atom is 0.259 e. The van der Waals surface area contributed by atoms with Gasteiger partial charge in [-0.1, -0.05) is 78.9 Å². The Balaban J connectivity index is 1.69. The Hall–Kier alpha value is -2.30. The fraction of sp³-hybridized carbons (Fsp3) is 0.333. The number of hydrogen-bond acceptors (Lipinski definition) is 3. The number of likely N-dealkylation sites (tertiary alicyclic amines) is 1. The summed E-state index contributed by atoms with van der Waals surface area (Å²) >= 11 is 12.2. The first-order valence-corrected chi connectivity index (χ1v) is 11.1. The number of carbonyl (C=O) groups excluding carboxylic acids is 2. The highest BCUT2D eigenvalue weighted by atomic mass is 35.5. The molecule has 1 saturated heterocycles. The number of benzene rings is 2. The molecule has 0 bridgehead atoms. The first-order chi connectivity index (χ1) is 14.5. The average Bonchev–Trinajstić information content (AvgIpc) is 3.00. The van der Waals surface area contributed by atoms with Crippen LogP contribution in [0.1, 0.15) is 44.1 Å². The summed E-state index contributed by atoms with van der Waals surface area (Å²) in [4.78, 5) is 28.2. The molecule has 1 N–H and O–H groups in total. The van der Waals surface area contributed by atoms with Crippen LogP contribution in [0.2, 0.25) is 10.0 Å². The van der Waals surface area contributed by atoms with E-state index in [2.05, 4.69) is 5.32 Å². The molecule has 1 aliphatic carbocycles. The zero-order valence-electron chi connectivity index (χ0n) is 16.6. The summed E-state index contributed by atoms with van der Waals surface area (Å²) in [6, 6.07) is 14.9. The van der Waals surface area contributed by atoms with Crippen LogP contribution in [0, 0.1) is 0 Å². The van der Waals surface area contributed by atoms with Gasteiger partial charge in [-0.15, -0.1) is 0 Å². The monoisotopic (exact) mass is 442 g/mol. The van der Waals surface area contributed by atoms with Crippen molar-refractivity contribution in [3.8, 4) is 0 Å². The largest absolute Gasteiger partial charge is 0.368 e. The Kier molecular flexibility index (Phi) is 6.16. The Bertz CT molecular complexity index is 970. The molecule has 1 heterocycles. The van der Waals surface area contributed by atoms with Gasteiger partial charge in [0.15, 0.2) is 0 Å². The third kappa shape index (κ3) is 4.26. The molecular weight excluding hydrogens is 419 g/mol. The Morgan fingerprint density at radius 1 is 0.967 bits per heavy atom. The molecule has 2 aliphatic rings. The number of anilines is 1. The fourth-order valence-electron chi connectivity index (χ4n) is 4.34. The van der Waals surface area contributed by atoms with E-state index in [0.29, 0.717) is 15.7 Å². The number of hydrogen-bond donors (Lipinski definition) is 1. The normalized spacial score (nSPS) is 22.8. The summed E-state index contributed by atoms with van der Waals surface area (Å²) in [5, 5.41) is 4.13. The van der Waals surface area contributed by atoms with Gasteiger partial charge in [0.05, 0.1) is 16.5 Å². The van der Waals surface area contributed by atoms with Crippen molar-refractivity contribution in [1.29, 1.82) is 0 Å². The van der Waals surface area contributed by atoms with Crippen LogP contribution in [-0.4, -0.2) is 28.3 Å². The highest BCUT2D eigenvalue weighted by molar-refractivity contribution is 6.42. The van der Waals surface area contributed by atoms with Crippen molar-refractivity contribution < 1.29 is 9.59 Å². The summed E-state index contributed by atoms with van der Waals surface area (Å²) in [5.74, 6) is -0.324. The highest BCUT2D eigenvalue weighted by Crippen LogP contribution is 2.36. The lowest BCUT2D eigenvalue weighted by molar-refractivity contribution is -0.142. The molecule has 4 nitrogen and oxygen atoms in total. The second kappa shape index (κ2) is 8.83. The van der Waals surface area contributed by atoms with Gasteiger partial charge in [-0.25, -0.2) is 0 Å². The number of rotatable bonds is 5. The molecule has 6 heteroatoms. The second-order valence-corrected chi connectivity index (χ2v) is 8.82. The van der Waals surface area contributed by atoms with E-state index >= 15 is 0 Å². The van der Waals surface area contributed by atoms with Crippen molar-refractivity contribution in [3.05, 3.63) is 70.2 Å². The second-order valence-electron chi connectivity index (χ2n) is 8.01. The van der Waals surface area contributed by atoms with Gasteiger partial charge >= 0.3 is 0 Å². The molecule has 1 atom stereocenters. The smallest absolute Gasteiger partial charge is 0.259 e. The van der Waals surface area contributed by atoms with Crippen molar-refractivity contribution in [2.24, 2.45) is 0 Å². The van der Waals surface area contributed by atoms with Crippen molar-refractivity contribution >= 4 is 46.8 Å². The topological polar surface area (TPSA) is 49.4 Å². The highest BCUT2D eigenvalue weighted by Gasteiger charge is 2.52. The standard InChI is InChI=1S/C24H24Cl2N2O2/c25-20-12-11-18(15-21(20)26)27-24(14-13-17-7-3-1-4-8-17)16-22(29)28(23(24)30)19-9-5-2-6-10-19/h1,3-4,7-8,11-15,19,27H,2,5-6,9-10,16H2/b14-13+. The van der Waals surface area contributed by atoms with Crippen LogP contribution in [0.4, 0.5) is 5.69 Å². The van der Waals surface area contributed by atoms with E-state index in [4.69, 9.17) is 23.2 Å².